The third-order valence-electron chi connectivity index (χ3n) is 2.25. The highest BCUT2D eigenvalue weighted by Crippen LogP contribution is 2.17. The number of hydrogen-bond acceptors (Lipinski definition) is 1. The Hall–Kier alpha value is -0.930. The molecule has 0 amide bonds. The Bertz CT molecular complexity index is 363. The maximum atomic E-state index is 11.9. The van der Waals surface area contributed by atoms with E-state index in [1.165, 1.54) is 7.05 Å². The van der Waals surface area contributed by atoms with Crippen LogP contribution in [0.1, 0.15) is 6.42 Å². The normalized spacial score (nSPS) is 11.9. The molecule has 0 saturated heterocycles. The Balaban J connectivity index is 0.00000324. The number of nitrogens with zero attached hydrogens (tertiary/aromatic N) is 2. The molecule has 0 saturated carbocycles. The Morgan fingerprint density at radius 2 is 1.74 bits per heavy atom. The molecule has 1 aromatic heterocycles. The lowest BCUT2D eigenvalue weighted by molar-refractivity contribution is -0.132. The van der Waals surface area contributed by atoms with Crippen molar-refractivity contribution in [3.8, 4) is 0 Å². The third-order valence-corrected chi connectivity index (χ3v) is 2.25. The SMILES string of the molecule is CN=C(NCCn1cccc1)NCCC(F)(F)F.I. The zero-order valence-corrected chi connectivity index (χ0v) is 12.9. The van der Waals surface area contributed by atoms with E-state index in [9.17, 15) is 13.2 Å². The van der Waals surface area contributed by atoms with Gasteiger partial charge >= 0.3 is 6.18 Å². The van der Waals surface area contributed by atoms with Gasteiger partial charge in [0, 0.05) is 39.1 Å². The summed E-state index contributed by atoms with van der Waals surface area (Å²) in [6, 6.07) is 3.83. The first-order chi connectivity index (χ1) is 8.51. The fraction of sp³-hybridized carbons (Fsp3) is 0.545. The van der Waals surface area contributed by atoms with Gasteiger partial charge in [0.05, 0.1) is 6.42 Å². The lowest BCUT2D eigenvalue weighted by Gasteiger charge is -2.13. The summed E-state index contributed by atoms with van der Waals surface area (Å²) in [6.07, 6.45) is -1.18. The molecule has 19 heavy (non-hydrogen) atoms. The van der Waals surface area contributed by atoms with Gasteiger partial charge in [-0.1, -0.05) is 0 Å². The predicted molar refractivity (Wildman–Crippen MR) is 79.9 cm³/mol. The molecule has 0 radical (unpaired) electrons. The van der Waals surface area contributed by atoms with E-state index < -0.39 is 12.6 Å². The van der Waals surface area contributed by atoms with Gasteiger partial charge in [0.2, 0.25) is 0 Å². The minimum absolute atomic E-state index is 0. The number of hydrogen-bond donors (Lipinski definition) is 2. The molecule has 0 unspecified atom stereocenters. The molecule has 0 aliphatic rings. The van der Waals surface area contributed by atoms with Crippen molar-refractivity contribution in [2.45, 2.75) is 19.1 Å². The molecule has 110 valence electrons. The highest BCUT2D eigenvalue weighted by Gasteiger charge is 2.26. The summed E-state index contributed by atoms with van der Waals surface area (Å²) < 4.78 is 37.8. The standard InChI is InChI=1S/C11H17F3N4.HI/c1-15-10(16-5-4-11(12,13)14)17-6-9-18-7-2-3-8-18;/h2-3,7-8H,4-6,9H2,1H3,(H2,15,16,17);1H. The number of nitrogens with one attached hydrogen (secondary N) is 2. The van der Waals surface area contributed by atoms with Crippen LogP contribution in [0.4, 0.5) is 13.2 Å². The largest absolute Gasteiger partial charge is 0.390 e. The number of rotatable bonds is 5. The van der Waals surface area contributed by atoms with E-state index in [0.717, 1.165) is 6.54 Å². The van der Waals surface area contributed by atoms with Gasteiger partial charge in [-0.25, -0.2) is 0 Å². The van der Waals surface area contributed by atoms with Crippen molar-refractivity contribution in [3.05, 3.63) is 24.5 Å². The van der Waals surface area contributed by atoms with Crippen molar-refractivity contribution < 1.29 is 13.2 Å². The minimum atomic E-state index is -4.14. The van der Waals surface area contributed by atoms with Crippen LogP contribution in [0, 0.1) is 0 Å². The summed E-state index contributed by atoms with van der Waals surface area (Å²) in [4.78, 5) is 3.84. The Kier molecular flexibility index (Phi) is 8.61. The Labute approximate surface area is 127 Å². The molecule has 0 aromatic carbocycles. The number of alkyl halides is 3. The second-order valence-electron chi connectivity index (χ2n) is 3.71. The maximum Gasteiger partial charge on any atom is 0.390 e. The number of halogens is 4. The van der Waals surface area contributed by atoms with Crippen molar-refractivity contribution in [3.63, 3.8) is 0 Å². The molecular weight excluding hydrogens is 372 g/mol. The topological polar surface area (TPSA) is 41.4 Å². The fourth-order valence-electron chi connectivity index (χ4n) is 1.37. The van der Waals surface area contributed by atoms with Gasteiger partial charge in [0.25, 0.3) is 0 Å². The van der Waals surface area contributed by atoms with E-state index >= 15 is 0 Å². The van der Waals surface area contributed by atoms with Crippen LogP contribution in [-0.4, -0.2) is 36.8 Å². The van der Waals surface area contributed by atoms with Crippen molar-refractivity contribution in [1.29, 1.82) is 0 Å². The molecule has 0 fully saturated rings. The van der Waals surface area contributed by atoms with Gasteiger partial charge in [0.15, 0.2) is 5.96 Å². The van der Waals surface area contributed by atoms with Crippen LogP contribution in [0.3, 0.4) is 0 Å². The van der Waals surface area contributed by atoms with Crippen LogP contribution in [0.25, 0.3) is 0 Å². The summed E-state index contributed by atoms with van der Waals surface area (Å²) in [7, 11) is 1.53. The number of aromatic nitrogens is 1. The third kappa shape index (κ3) is 8.73. The van der Waals surface area contributed by atoms with Gasteiger partial charge in [-0.05, 0) is 12.1 Å². The van der Waals surface area contributed by atoms with Crippen LogP contribution in [0.5, 0.6) is 0 Å². The van der Waals surface area contributed by atoms with Crippen LogP contribution in [0.2, 0.25) is 0 Å². The highest BCUT2D eigenvalue weighted by atomic mass is 127. The molecule has 1 rings (SSSR count). The van der Waals surface area contributed by atoms with Gasteiger partial charge < -0.3 is 15.2 Å². The van der Waals surface area contributed by atoms with Gasteiger partial charge in [-0.3, -0.25) is 4.99 Å². The summed E-state index contributed by atoms with van der Waals surface area (Å²) >= 11 is 0. The van der Waals surface area contributed by atoms with Crippen LogP contribution < -0.4 is 10.6 Å². The summed E-state index contributed by atoms with van der Waals surface area (Å²) in [5, 5.41) is 5.56. The summed E-state index contributed by atoms with van der Waals surface area (Å²) in [6.45, 7) is 1.15. The predicted octanol–water partition coefficient (Wildman–Crippen LogP) is 2.22. The van der Waals surface area contributed by atoms with Gasteiger partial charge in [-0.2, -0.15) is 13.2 Å². The van der Waals surface area contributed by atoms with Crippen molar-refractivity contribution in [2.24, 2.45) is 4.99 Å². The molecule has 2 N–H and O–H groups in total. The molecule has 8 heteroatoms. The lowest BCUT2D eigenvalue weighted by Crippen LogP contribution is -2.40. The summed E-state index contributed by atoms with van der Waals surface area (Å²) in [5.74, 6) is 0.381. The van der Waals surface area contributed by atoms with E-state index in [1.54, 1.807) is 0 Å². The average molecular weight is 390 g/mol. The molecule has 1 heterocycles. The molecular formula is C11H18F3IN4. The van der Waals surface area contributed by atoms with Crippen LogP contribution in [0.15, 0.2) is 29.5 Å². The van der Waals surface area contributed by atoms with Crippen molar-refractivity contribution in [1.82, 2.24) is 15.2 Å². The first-order valence-corrected chi connectivity index (χ1v) is 5.63. The van der Waals surface area contributed by atoms with Crippen LogP contribution >= 0.6 is 24.0 Å². The quantitative estimate of drug-likeness (QED) is 0.460. The van der Waals surface area contributed by atoms with Crippen molar-refractivity contribution >= 4 is 29.9 Å². The lowest BCUT2D eigenvalue weighted by atomic mass is 10.4. The molecule has 0 spiro atoms. The molecule has 0 atom stereocenters. The van der Waals surface area contributed by atoms with Crippen LogP contribution in [-0.2, 0) is 6.54 Å². The van der Waals surface area contributed by atoms with Gasteiger partial charge in [0.1, 0.15) is 0 Å². The van der Waals surface area contributed by atoms with E-state index in [-0.39, 0.29) is 30.5 Å². The smallest absolute Gasteiger partial charge is 0.356 e. The van der Waals surface area contributed by atoms with Gasteiger partial charge in [-0.15, -0.1) is 24.0 Å². The molecule has 0 bridgehead atoms. The molecule has 1 aromatic rings. The first kappa shape index (κ1) is 18.1. The van der Waals surface area contributed by atoms with E-state index in [2.05, 4.69) is 15.6 Å². The van der Waals surface area contributed by atoms with Crippen molar-refractivity contribution in [2.75, 3.05) is 20.1 Å². The Morgan fingerprint density at radius 3 is 2.26 bits per heavy atom. The van der Waals surface area contributed by atoms with E-state index in [0.29, 0.717) is 12.5 Å². The van der Waals surface area contributed by atoms with E-state index in [4.69, 9.17) is 0 Å². The second kappa shape index (κ2) is 9.05. The summed E-state index contributed by atoms with van der Waals surface area (Å²) in [5.41, 5.74) is 0. The zero-order chi connectivity index (χ0) is 13.4. The highest BCUT2D eigenvalue weighted by molar-refractivity contribution is 14.0. The molecule has 0 aliphatic heterocycles. The molecule has 4 nitrogen and oxygen atoms in total. The monoisotopic (exact) mass is 390 g/mol. The second-order valence-corrected chi connectivity index (χ2v) is 3.71. The molecule has 0 aliphatic carbocycles. The minimum Gasteiger partial charge on any atom is -0.356 e. The number of guanidine groups is 1. The zero-order valence-electron chi connectivity index (χ0n) is 10.6. The maximum absolute atomic E-state index is 11.9. The Morgan fingerprint density at radius 1 is 1.16 bits per heavy atom. The first-order valence-electron chi connectivity index (χ1n) is 5.63. The van der Waals surface area contributed by atoms with E-state index in [1.807, 2.05) is 29.1 Å². The average Bonchev–Trinajstić information content (AvgIpc) is 2.78. The number of aliphatic imine (C=N–C) groups is 1. The fourth-order valence-corrected chi connectivity index (χ4v) is 1.37.